The average Bonchev–Trinajstić information content (AvgIpc) is 2.39. The highest BCUT2D eigenvalue weighted by Gasteiger charge is 2.10. The lowest BCUT2D eigenvalue weighted by Gasteiger charge is -2.14. The molecule has 17 heavy (non-hydrogen) atoms. The number of halogens is 1. The van der Waals surface area contributed by atoms with Gasteiger partial charge < -0.3 is 4.74 Å². The third-order valence-corrected chi connectivity index (χ3v) is 3.55. The van der Waals surface area contributed by atoms with Crippen LogP contribution in [-0.4, -0.2) is 7.11 Å². The van der Waals surface area contributed by atoms with Gasteiger partial charge in [-0.2, -0.15) is 0 Å². The molecule has 0 N–H and O–H groups in total. The molecule has 2 rings (SSSR count). The first kappa shape index (κ1) is 12.2. The van der Waals surface area contributed by atoms with Crippen molar-refractivity contribution in [3.8, 4) is 16.9 Å². The molecule has 88 valence electrons. The van der Waals surface area contributed by atoms with Crippen molar-refractivity contribution in [1.29, 1.82) is 0 Å². The molecule has 0 amide bonds. The molecule has 1 nitrogen and oxygen atoms in total. The van der Waals surface area contributed by atoms with E-state index in [9.17, 15) is 0 Å². The molecule has 0 saturated carbocycles. The van der Waals surface area contributed by atoms with Crippen LogP contribution in [0.5, 0.6) is 5.75 Å². The molecule has 2 aromatic rings. The number of alkyl halides is 1. The predicted molar refractivity (Wildman–Crippen MR) is 75.8 cm³/mol. The molecule has 0 unspecified atom stereocenters. The number of benzene rings is 2. The minimum Gasteiger partial charge on any atom is -0.496 e. The van der Waals surface area contributed by atoms with Gasteiger partial charge in [0, 0.05) is 5.33 Å². The lowest BCUT2D eigenvalue weighted by molar-refractivity contribution is 0.411. The van der Waals surface area contributed by atoms with Gasteiger partial charge in [0.15, 0.2) is 0 Å². The molecule has 0 aliphatic heterocycles. The van der Waals surface area contributed by atoms with E-state index in [0.717, 1.165) is 11.1 Å². The number of hydrogen-bond donors (Lipinski definition) is 0. The smallest absolute Gasteiger partial charge is 0.122 e. The third kappa shape index (κ3) is 2.37. The largest absolute Gasteiger partial charge is 0.496 e. The molecule has 0 saturated heterocycles. The van der Waals surface area contributed by atoms with E-state index in [-0.39, 0.29) is 0 Å². The molecule has 2 aromatic carbocycles. The molecule has 0 aliphatic rings. The molecule has 2 heteroatoms. The van der Waals surface area contributed by atoms with Crippen molar-refractivity contribution < 1.29 is 4.74 Å². The summed E-state index contributed by atoms with van der Waals surface area (Å²) in [5.41, 5.74) is 5.00. The summed E-state index contributed by atoms with van der Waals surface area (Å²) in [6, 6.07) is 14.6. The Morgan fingerprint density at radius 3 is 2.35 bits per heavy atom. The Hall–Kier alpha value is -1.28. The predicted octanol–water partition coefficient (Wildman–Crippen LogP) is 4.57. The van der Waals surface area contributed by atoms with Crippen LogP contribution in [0.2, 0.25) is 0 Å². The SMILES string of the molecule is COc1ccc(-c2ccccc2)c(CBr)c1C. The van der Waals surface area contributed by atoms with Crippen molar-refractivity contribution in [2.24, 2.45) is 0 Å². The summed E-state index contributed by atoms with van der Waals surface area (Å²) in [6.07, 6.45) is 0. The standard InChI is InChI=1S/C15H15BrO/c1-11-14(10-16)13(8-9-15(11)17-2)12-6-4-3-5-7-12/h3-9H,10H2,1-2H3. The van der Waals surface area contributed by atoms with Gasteiger partial charge in [0.25, 0.3) is 0 Å². The zero-order chi connectivity index (χ0) is 12.3. The van der Waals surface area contributed by atoms with Gasteiger partial charge in [-0.15, -0.1) is 0 Å². The van der Waals surface area contributed by atoms with E-state index in [1.165, 1.54) is 22.3 Å². The van der Waals surface area contributed by atoms with Crippen LogP contribution < -0.4 is 4.74 Å². The third-order valence-electron chi connectivity index (χ3n) is 2.99. The van der Waals surface area contributed by atoms with Crippen molar-refractivity contribution in [3.63, 3.8) is 0 Å². The fourth-order valence-corrected chi connectivity index (χ4v) is 2.74. The number of hydrogen-bond acceptors (Lipinski definition) is 1. The summed E-state index contributed by atoms with van der Waals surface area (Å²) in [5.74, 6) is 0.944. The van der Waals surface area contributed by atoms with Crippen LogP contribution in [0.15, 0.2) is 42.5 Å². The molecule has 0 aliphatic carbocycles. The van der Waals surface area contributed by atoms with E-state index in [1.807, 2.05) is 12.1 Å². The molecular weight excluding hydrogens is 276 g/mol. The van der Waals surface area contributed by atoms with Gasteiger partial charge >= 0.3 is 0 Å². The normalized spacial score (nSPS) is 10.3. The van der Waals surface area contributed by atoms with E-state index < -0.39 is 0 Å². The van der Waals surface area contributed by atoms with Crippen molar-refractivity contribution in [3.05, 3.63) is 53.6 Å². The second-order valence-corrected chi connectivity index (χ2v) is 4.48. The van der Waals surface area contributed by atoms with Gasteiger partial charge in [0.1, 0.15) is 5.75 Å². The number of methoxy groups -OCH3 is 1. The molecule has 0 atom stereocenters. The van der Waals surface area contributed by atoms with Gasteiger partial charge in [-0.3, -0.25) is 0 Å². The van der Waals surface area contributed by atoms with Gasteiger partial charge in [-0.05, 0) is 35.2 Å². The molecule has 0 aromatic heterocycles. The first-order valence-corrected chi connectivity index (χ1v) is 6.68. The average molecular weight is 291 g/mol. The zero-order valence-electron chi connectivity index (χ0n) is 10.0. The van der Waals surface area contributed by atoms with Crippen LogP contribution in [0.25, 0.3) is 11.1 Å². The van der Waals surface area contributed by atoms with Crippen LogP contribution in [0.3, 0.4) is 0 Å². The Labute approximate surface area is 111 Å². The van der Waals surface area contributed by atoms with Crippen LogP contribution in [-0.2, 0) is 5.33 Å². The first-order valence-electron chi connectivity index (χ1n) is 5.55. The fourth-order valence-electron chi connectivity index (χ4n) is 2.02. The highest BCUT2D eigenvalue weighted by atomic mass is 79.9. The van der Waals surface area contributed by atoms with E-state index in [1.54, 1.807) is 7.11 Å². The molecular formula is C15H15BrO. The van der Waals surface area contributed by atoms with E-state index in [2.05, 4.69) is 53.2 Å². The van der Waals surface area contributed by atoms with Crippen LogP contribution >= 0.6 is 15.9 Å². The van der Waals surface area contributed by atoms with Gasteiger partial charge in [-0.1, -0.05) is 52.3 Å². The second-order valence-electron chi connectivity index (χ2n) is 3.92. The second kappa shape index (κ2) is 5.37. The molecule has 0 spiro atoms. The maximum atomic E-state index is 5.36. The zero-order valence-corrected chi connectivity index (χ0v) is 11.6. The Bertz CT molecular complexity index is 506. The Morgan fingerprint density at radius 1 is 1.06 bits per heavy atom. The van der Waals surface area contributed by atoms with Crippen LogP contribution in [0, 0.1) is 6.92 Å². The maximum Gasteiger partial charge on any atom is 0.122 e. The van der Waals surface area contributed by atoms with E-state index in [4.69, 9.17) is 4.74 Å². The summed E-state index contributed by atoms with van der Waals surface area (Å²) in [5, 5.41) is 0.834. The summed E-state index contributed by atoms with van der Waals surface area (Å²) in [7, 11) is 1.71. The molecule has 0 bridgehead atoms. The highest BCUT2D eigenvalue weighted by molar-refractivity contribution is 9.08. The number of rotatable bonds is 3. The Kier molecular flexibility index (Phi) is 3.85. The summed E-state index contributed by atoms with van der Waals surface area (Å²) < 4.78 is 5.36. The van der Waals surface area contributed by atoms with Gasteiger partial charge in [-0.25, -0.2) is 0 Å². The van der Waals surface area contributed by atoms with Gasteiger partial charge in [0.2, 0.25) is 0 Å². The van der Waals surface area contributed by atoms with Crippen molar-refractivity contribution in [2.45, 2.75) is 12.3 Å². The maximum absolute atomic E-state index is 5.36. The Balaban J connectivity index is 2.59. The lowest BCUT2D eigenvalue weighted by atomic mass is 9.96. The minimum atomic E-state index is 0.834. The quantitative estimate of drug-likeness (QED) is 0.753. The molecule has 0 fully saturated rings. The summed E-state index contributed by atoms with van der Waals surface area (Å²) >= 11 is 3.56. The summed E-state index contributed by atoms with van der Waals surface area (Å²) in [4.78, 5) is 0. The topological polar surface area (TPSA) is 9.23 Å². The Morgan fingerprint density at radius 2 is 1.76 bits per heavy atom. The van der Waals surface area contributed by atoms with Crippen molar-refractivity contribution in [1.82, 2.24) is 0 Å². The molecule has 0 radical (unpaired) electrons. The lowest BCUT2D eigenvalue weighted by Crippen LogP contribution is -1.95. The van der Waals surface area contributed by atoms with Crippen LogP contribution in [0.4, 0.5) is 0 Å². The highest BCUT2D eigenvalue weighted by Crippen LogP contribution is 2.32. The number of ether oxygens (including phenoxy) is 1. The van der Waals surface area contributed by atoms with E-state index >= 15 is 0 Å². The van der Waals surface area contributed by atoms with E-state index in [0.29, 0.717) is 0 Å². The van der Waals surface area contributed by atoms with Gasteiger partial charge in [0.05, 0.1) is 7.11 Å². The van der Waals surface area contributed by atoms with Crippen molar-refractivity contribution in [2.75, 3.05) is 7.11 Å². The monoisotopic (exact) mass is 290 g/mol. The minimum absolute atomic E-state index is 0.834. The van der Waals surface area contributed by atoms with Crippen molar-refractivity contribution >= 4 is 15.9 Å². The fraction of sp³-hybridized carbons (Fsp3) is 0.200. The summed E-state index contributed by atoms with van der Waals surface area (Å²) in [6.45, 7) is 2.10. The molecule has 0 heterocycles. The van der Waals surface area contributed by atoms with Crippen LogP contribution in [0.1, 0.15) is 11.1 Å². The first-order chi connectivity index (χ1) is 8.27.